The second-order valence-corrected chi connectivity index (χ2v) is 6.52. The molecule has 1 heterocycles. The smallest absolute Gasteiger partial charge is 0.171 e. The highest BCUT2D eigenvalue weighted by Crippen LogP contribution is 2.42. The Balaban J connectivity index is 1.69. The van der Waals surface area contributed by atoms with Crippen LogP contribution in [0.25, 0.3) is 0 Å². The van der Waals surface area contributed by atoms with Crippen molar-refractivity contribution in [3.8, 4) is 5.75 Å². The van der Waals surface area contributed by atoms with Gasteiger partial charge in [0.15, 0.2) is 5.78 Å². The molecular formula is C17H19NO2S. The van der Waals surface area contributed by atoms with E-state index in [2.05, 4.69) is 24.0 Å². The lowest BCUT2D eigenvalue weighted by Gasteiger charge is -2.04. The van der Waals surface area contributed by atoms with Gasteiger partial charge >= 0.3 is 0 Å². The molecule has 21 heavy (non-hydrogen) atoms. The average molecular weight is 301 g/mol. The van der Waals surface area contributed by atoms with Crippen molar-refractivity contribution in [2.24, 2.45) is 0 Å². The largest absolute Gasteiger partial charge is 0.486 e. The molecule has 0 amide bonds. The third-order valence-corrected chi connectivity index (χ3v) is 4.82. The van der Waals surface area contributed by atoms with Gasteiger partial charge in [-0.15, -0.1) is 11.3 Å². The number of benzene rings is 1. The summed E-state index contributed by atoms with van der Waals surface area (Å²) in [5.41, 5.74) is 2.29. The van der Waals surface area contributed by atoms with Crippen molar-refractivity contribution in [1.82, 2.24) is 4.98 Å². The van der Waals surface area contributed by atoms with Gasteiger partial charge in [-0.3, -0.25) is 4.79 Å². The van der Waals surface area contributed by atoms with Crippen LogP contribution in [-0.4, -0.2) is 10.8 Å². The van der Waals surface area contributed by atoms with Gasteiger partial charge < -0.3 is 4.74 Å². The number of ether oxygens (including phenoxy) is 1. The number of aryl methyl sites for hydroxylation is 1. The Kier molecular flexibility index (Phi) is 4.06. The summed E-state index contributed by atoms with van der Waals surface area (Å²) >= 11 is 1.48. The summed E-state index contributed by atoms with van der Waals surface area (Å²) in [7, 11) is 0. The predicted molar refractivity (Wildman–Crippen MR) is 84.2 cm³/mol. The van der Waals surface area contributed by atoms with Gasteiger partial charge in [0.05, 0.1) is 10.6 Å². The number of carbonyl (C=O) groups is 1. The topological polar surface area (TPSA) is 39.2 Å². The highest BCUT2D eigenvalue weighted by molar-refractivity contribution is 7.13. The fourth-order valence-electron chi connectivity index (χ4n) is 2.29. The van der Waals surface area contributed by atoms with E-state index in [1.54, 1.807) is 6.92 Å². The van der Waals surface area contributed by atoms with Gasteiger partial charge in [-0.2, -0.15) is 0 Å². The van der Waals surface area contributed by atoms with Crippen molar-refractivity contribution in [3.05, 3.63) is 45.4 Å². The zero-order valence-electron chi connectivity index (χ0n) is 12.4. The van der Waals surface area contributed by atoms with Gasteiger partial charge in [-0.05, 0) is 37.0 Å². The first-order valence-electron chi connectivity index (χ1n) is 7.39. The Morgan fingerprint density at radius 3 is 2.62 bits per heavy atom. The lowest BCUT2D eigenvalue weighted by molar-refractivity contribution is 0.102. The summed E-state index contributed by atoms with van der Waals surface area (Å²) in [4.78, 5) is 17.1. The molecule has 1 aliphatic rings. The Morgan fingerprint density at radius 2 is 2.05 bits per heavy atom. The number of ketones is 1. The third-order valence-electron chi connectivity index (χ3n) is 3.68. The summed E-state index contributed by atoms with van der Waals surface area (Å²) in [5, 5.41) is 0.890. The number of hydrogen-bond donors (Lipinski definition) is 0. The normalized spacial score (nSPS) is 14.2. The zero-order valence-corrected chi connectivity index (χ0v) is 13.2. The van der Waals surface area contributed by atoms with Crippen LogP contribution in [0.1, 0.15) is 58.5 Å². The lowest BCUT2D eigenvalue weighted by Crippen LogP contribution is -1.96. The maximum absolute atomic E-state index is 11.7. The fourth-order valence-corrected chi connectivity index (χ4v) is 3.25. The third kappa shape index (κ3) is 3.32. The molecule has 0 N–H and O–H groups in total. The molecule has 0 spiro atoms. The molecule has 1 aromatic carbocycles. The van der Waals surface area contributed by atoms with Gasteiger partial charge in [0, 0.05) is 12.8 Å². The number of carbonyl (C=O) groups excluding carboxylic acids is 1. The minimum absolute atomic E-state index is 0.118. The molecular weight excluding hydrogens is 282 g/mol. The van der Waals surface area contributed by atoms with Crippen molar-refractivity contribution < 1.29 is 9.53 Å². The number of rotatable bonds is 6. The molecule has 3 nitrogen and oxygen atoms in total. The van der Waals surface area contributed by atoms with Crippen LogP contribution in [0.5, 0.6) is 5.75 Å². The molecule has 110 valence electrons. The molecule has 1 aliphatic carbocycles. The predicted octanol–water partition coefficient (Wildman–Crippen LogP) is 4.36. The zero-order chi connectivity index (χ0) is 14.8. The SMILES string of the molecule is CCc1ccc(OCc2nc(C3CC3)c(C(C)=O)s2)cc1. The quantitative estimate of drug-likeness (QED) is 0.744. The minimum Gasteiger partial charge on any atom is -0.486 e. The van der Waals surface area contributed by atoms with Gasteiger partial charge in [0.25, 0.3) is 0 Å². The Labute approximate surface area is 129 Å². The molecule has 1 saturated carbocycles. The van der Waals surface area contributed by atoms with Crippen molar-refractivity contribution in [3.63, 3.8) is 0 Å². The van der Waals surface area contributed by atoms with Crippen LogP contribution < -0.4 is 4.74 Å². The maximum Gasteiger partial charge on any atom is 0.171 e. The van der Waals surface area contributed by atoms with E-state index in [0.29, 0.717) is 12.5 Å². The van der Waals surface area contributed by atoms with Crippen LogP contribution >= 0.6 is 11.3 Å². The number of thiazole rings is 1. The average Bonchev–Trinajstić information content (AvgIpc) is 3.25. The van der Waals surface area contributed by atoms with E-state index in [0.717, 1.165) is 40.6 Å². The monoisotopic (exact) mass is 301 g/mol. The molecule has 0 saturated heterocycles. The second-order valence-electron chi connectivity index (χ2n) is 5.44. The van der Waals surface area contributed by atoms with E-state index < -0.39 is 0 Å². The fraction of sp³-hybridized carbons (Fsp3) is 0.412. The molecule has 2 aromatic rings. The standard InChI is InChI=1S/C17H19NO2S/c1-3-12-4-8-14(9-5-12)20-10-15-18-16(13-6-7-13)17(21-15)11(2)19/h4-5,8-9,13H,3,6-7,10H2,1-2H3. The van der Waals surface area contributed by atoms with E-state index in [1.807, 2.05) is 12.1 Å². The van der Waals surface area contributed by atoms with Gasteiger partial charge in [0.1, 0.15) is 17.4 Å². The van der Waals surface area contributed by atoms with Crippen molar-refractivity contribution in [2.75, 3.05) is 0 Å². The highest BCUT2D eigenvalue weighted by atomic mass is 32.1. The van der Waals surface area contributed by atoms with E-state index in [1.165, 1.54) is 16.9 Å². The first-order chi connectivity index (χ1) is 10.2. The molecule has 0 radical (unpaired) electrons. The molecule has 1 fully saturated rings. The summed E-state index contributed by atoms with van der Waals surface area (Å²) in [6.45, 7) is 4.19. The summed E-state index contributed by atoms with van der Waals surface area (Å²) < 4.78 is 5.78. The van der Waals surface area contributed by atoms with Crippen LogP contribution in [0.4, 0.5) is 0 Å². The minimum atomic E-state index is 0.118. The van der Waals surface area contributed by atoms with E-state index in [-0.39, 0.29) is 5.78 Å². The molecule has 3 rings (SSSR count). The van der Waals surface area contributed by atoms with Gasteiger partial charge in [-0.1, -0.05) is 19.1 Å². The van der Waals surface area contributed by atoms with Crippen molar-refractivity contribution >= 4 is 17.1 Å². The van der Waals surface area contributed by atoms with Crippen molar-refractivity contribution in [1.29, 1.82) is 0 Å². The first-order valence-corrected chi connectivity index (χ1v) is 8.21. The molecule has 4 heteroatoms. The van der Waals surface area contributed by atoms with Crippen LogP contribution in [0.2, 0.25) is 0 Å². The van der Waals surface area contributed by atoms with Crippen molar-refractivity contribution in [2.45, 2.75) is 45.6 Å². The first kappa shape index (κ1) is 14.3. The summed E-state index contributed by atoms with van der Waals surface area (Å²) in [6.07, 6.45) is 3.34. The van der Waals surface area contributed by atoms with E-state index in [9.17, 15) is 4.79 Å². The van der Waals surface area contributed by atoms with Gasteiger partial charge in [-0.25, -0.2) is 4.98 Å². The van der Waals surface area contributed by atoms with E-state index in [4.69, 9.17) is 4.74 Å². The molecule has 1 aromatic heterocycles. The van der Waals surface area contributed by atoms with E-state index >= 15 is 0 Å². The maximum atomic E-state index is 11.7. The van der Waals surface area contributed by atoms with Crippen LogP contribution in [0, 0.1) is 0 Å². The molecule has 0 bridgehead atoms. The Bertz CT molecular complexity index is 641. The highest BCUT2D eigenvalue weighted by Gasteiger charge is 2.31. The summed E-state index contributed by atoms with van der Waals surface area (Å²) in [6, 6.07) is 8.13. The number of hydrogen-bond acceptors (Lipinski definition) is 4. The number of nitrogens with zero attached hydrogens (tertiary/aromatic N) is 1. The molecule has 0 unspecified atom stereocenters. The number of aromatic nitrogens is 1. The Morgan fingerprint density at radius 1 is 1.33 bits per heavy atom. The second kappa shape index (κ2) is 5.98. The van der Waals surface area contributed by atoms with Crippen LogP contribution in [0.15, 0.2) is 24.3 Å². The molecule has 0 atom stereocenters. The van der Waals surface area contributed by atoms with Crippen LogP contribution in [-0.2, 0) is 13.0 Å². The lowest BCUT2D eigenvalue weighted by atomic mass is 10.2. The summed E-state index contributed by atoms with van der Waals surface area (Å²) in [5.74, 6) is 1.46. The Hall–Kier alpha value is -1.68. The van der Waals surface area contributed by atoms with Crippen LogP contribution in [0.3, 0.4) is 0 Å². The molecule has 0 aliphatic heterocycles. The number of Topliss-reactive ketones (excluding diaryl/α,β-unsaturated/α-hetero) is 1. The van der Waals surface area contributed by atoms with Gasteiger partial charge in [0.2, 0.25) is 0 Å².